The number of nitrogen functional groups attached to an aromatic ring is 1. The number of esters is 1. The first kappa shape index (κ1) is 11.9. The highest BCUT2D eigenvalue weighted by Crippen LogP contribution is 2.22. The number of nitrogens with two attached hydrogens (primary N) is 1. The lowest BCUT2D eigenvalue weighted by atomic mass is 10.1. The molecule has 6 nitrogen and oxygen atoms in total. The van der Waals surface area contributed by atoms with Gasteiger partial charge in [0.05, 0.1) is 18.3 Å². The minimum Gasteiger partial charge on any atom is -0.461 e. The molecule has 1 aliphatic rings. The van der Waals surface area contributed by atoms with E-state index in [9.17, 15) is 4.79 Å². The van der Waals surface area contributed by atoms with Crippen LogP contribution < -0.4 is 5.73 Å². The molecule has 6 heteroatoms. The average Bonchev–Trinajstić information content (AvgIpc) is 2.73. The average molecular weight is 239 g/mol. The fourth-order valence-corrected chi connectivity index (χ4v) is 1.90. The Morgan fingerprint density at radius 3 is 3.00 bits per heavy atom. The fraction of sp³-hybridized carbons (Fsp3) is 0.636. The van der Waals surface area contributed by atoms with Crippen molar-refractivity contribution in [1.29, 1.82) is 0 Å². The highest BCUT2D eigenvalue weighted by atomic mass is 16.5. The summed E-state index contributed by atoms with van der Waals surface area (Å²) in [5, 5.41) is 4.21. The van der Waals surface area contributed by atoms with E-state index in [1.165, 1.54) is 0 Å². The van der Waals surface area contributed by atoms with E-state index < -0.39 is 5.97 Å². The molecule has 0 aliphatic carbocycles. The number of carbonyl (C=O) groups excluding carboxylic acids is 1. The summed E-state index contributed by atoms with van der Waals surface area (Å²) in [5.41, 5.74) is 6.34. The van der Waals surface area contributed by atoms with Crippen molar-refractivity contribution in [2.75, 3.05) is 25.6 Å². The summed E-state index contributed by atoms with van der Waals surface area (Å²) in [6.07, 6.45) is 3.48. The van der Waals surface area contributed by atoms with Crippen LogP contribution in [-0.2, 0) is 9.47 Å². The van der Waals surface area contributed by atoms with Gasteiger partial charge in [-0.25, -0.2) is 4.79 Å². The Morgan fingerprint density at radius 2 is 2.35 bits per heavy atom. The van der Waals surface area contributed by atoms with Crippen LogP contribution >= 0.6 is 0 Å². The maximum Gasteiger partial charge on any atom is 0.361 e. The molecule has 17 heavy (non-hydrogen) atoms. The predicted molar refractivity (Wildman–Crippen MR) is 61.7 cm³/mol. The van der Waals surface area contributed by atoms with E-state index in [0.29, 0.717) is 12.3 Å². The van der Waals surface area contributed by atoms with Gasteiger partial charge in [-0.15, -0.1) is 0 Å². The minimum absolute atomic E-state index is 0.207. The molecule has 2 N–H and O–H groups in total. The summed E-state index contributed by atoms with van der Waals surface area (Å²) in [6.45, 7) is 3.52. The molecule has 0 radical (unpaired) electrons. The summed E-state index contributed by atoms with van der Waals surface area (Å²) in [7, 11) is 0. The second-order valence-corrected chi connectivity index (χ2v) is 3.98. The van der Waals surface area contributed by atoms with Gasteiger partial charge >= 0.3 is 5.97 Å². The van der Waals surface area contributed by atoms with Gasteiger partial charge in [-0.1, -0.05) is 0 Å². The second kappa shape index (κ2) is 5.18. The van der Waals surface area contributed by atoms with E-state index in [1.807, 2.05) is 0 Å². The first-order chi connectivity index (χ1) is 8.22. The third-order valence-corrected chi connectivity index (χ3v) is 2.79. The zero-order valence-electron chi connectivity index (χ0n) is 9.89. The van der Waals surface area contributed by atoms with Crippen molar-refractivity contribution in [3.05, 3.63) is 11.9 Å². The SMILES string of the molecule is CCOC(=O)c1nn(C2CCOCC2)cc1N. The fourth-order valence-electron chi connectivity index (χ4n) is 1.90. The third kappa shape index (κ3) is 2.58. The molecular weight excluding hydrogens is 222 g/mol. The summed E-state index contributed by atoms with van der Waals surface area (Å²) < 4.78 is 11.9. The normalized spacial score (nSPS) is 17.0. The van der Waals surface area contributed by atoms with Gasteiger partial charge in [-0.2, -0.15) is 5.10 Å². The van der Waals surface area contributed by atoms with E-state index in [2.05, 4.69) is 5.10 Å². The third-order valence-electron chi connectivity index (χ3n) is 2.79. The largest absolute Gasteiger partial charge is 0.461 e. The van der Waals surface area contributed by atoms with Crippen LogP contribution in [0.25, 0.3) is 0 Å². The van der Waals surface area contributed by atoms with Crippen molar-refractivity contribution in [3.63, 3.8) is 0 Å². The van der Waals surface area contributed by atoms with Gasteiger partial charge in [-0.05, 0) is 19.8 Å². The summed E-state index contributed by atoms with van der Waals surface area (Å²) in [6, 6.07) is 0.259. The second-order valence-electron chi connectivity index (χ2n) is 3.98. The molecule has 2 rings (SSSR count). The number of hydrogen-bond donors (Lipinski definition) is 1. The predicted octanol–water partition coefficient (Wildman–Crippen LogP) is 0.994. The van der Waals surface area contributed by atoms with E-state index in [4.69, 9.17) is 15.2 Å². The van der Waals surface area contributed by atoms with Crippen LogP contribution in [0, 0.1) is 0 Å². The zero-order valence-corrected chi connectivity index (χ0v) is 9.89. The number of carbonyl (C=O) groups is 1. The van der Waals surface area contributed by atoms with Crippen LogP contribution in [0.4, 0.5) is 5.69 Å². The van der Waals surface area contributed by atoms with E-state index in [0.717, 1.165) is 26.1 Å². The van der Waals surface area contributed by atoms with Gasteiger partial charge in [0.2, 0.25) is 0 Å². The van der Waals surface area contributed by atoms with Crippen molar-refractivity contribution >= 4 is 11.7 Å². The number of nitrogens with zero attached hydrogens (tertiary/aromatic N) is 2. The number of rotatable bonds is 3. The van der Waals surface area contributed by atoms with Crippen LogP contribution in [0.2, 0.25) is 0 Å². The summed E-state index contributed by atoms with van der Waals surface area (Å²) in [4.78, 5) is 11.6. The maximum absolute atomic E-state index is 11.6. The maximum atomic E-state index is 11.6. The van der Waals surface area contributed by atoms with Crippen molar-refractivity contribution in [2.24, 2.45) is 0 Å². The Hall–Kier alpha value is -1.56. The molecule has 1 aliphatic heterocycles. The molecule has 0 aromatic carbocycles. The van der Waals surface area contributed by atoms with Gasteiger partial charge < -0.3 is 15.2 Å². The molecule has 1 fully saturated rings. The summed E-state index contributed by atoms with van der Waals surface area (Å²) >= 11 is 0. The lowest BCUT2D eigenvalue weighted by molar-refractivity contribution is 0.0514. The molecule has 2 heterocycles. The standard InChI is InChI=1S/C11H17N3O3/c1-2-17-11(15)10-9(12)7-14(13-10)8-3-5-16-6-4-8/h7-8H,2-6,12H2,1H3. The molecule has 0 bridgehead atoms. The smallest absolute Gasteiger partial charge is 0.361 e. The molecule has 1 aromatic heterocycles. The van der Waals surface area contributed by atoms with Crippen molar-refractivity contribution < 1.29 is 14.3 Å². The molecular formula is C11H17N3O3. The minimum atomic E-state index is -0.462. The first-order valence-electron chi connectivity index (χ1n) is 5.82. The highest BCUT2D eigenvalue weighted by Gasteiger charge is 2.21. The Balaban J connectivity index is 2.14. The Labute approximate surface area is 99.7 Å². The van der Waals surface area contributed by atoms with E-state index in [1.54, 1.807) is 17.8 Å². The number of aromatic nitrogens is 2. The topological polar surface area (TPSA) is 79.4 Å². The van der Waals surface area contributed by atoms with Crippen molar-refractivity contribution in [1.82, 2.24) is 9.78 Å². The number of hydrogen-bond acceptors (Lipinski definition) is 5. The first-order valence-corrected chi connectivity index (χ1v) is 5.82. The molecule has 0 saturated carbocycles. The monoisotopic (exact) mass is 239 g/mol. The summed E-state index contributed by atoms with van der Waals surface area (Å²) in [5.74, 6) is -0.462. The van der Waals surface area contributed by atoms with Gasteiger partial charge in [0.25, 0.3) is 0 Å². The van der Waals surface area contributed by atoms with Crippen LogP contribution in [0.15, 0.2) is 6.20 Å². The molecule has 94 valence electrons. The molecule has 0 amide bonds. The van der Waals surface area contributed by atoms with E-state index in [-0.39, 0.29) is 11.7 Å². The van der Waals surface area contributed by atoms with Crippen molar-refractivity contribution in [2.45, 2.75) is 25.8 Å². The molecule has 1 saturated heterocycles. The highest BCUT2D eigenvalue weighted by molar-refractivity contribution is 5.92. The van der Waals surface area contributed by atoms with Crippen LogP contribution in [0.5, 0.6) is 0 Å². The number of ether oxygens (including phenoxy) is 2. The Bertz CT molecular complexity index is 397. The quantitative estimate of drug-likeness (QED) is 0.796. The number of anilines is 1. The lowest BCUT2D eigenvalue weighted by Crippen LogP contribution is -2.20. The van der Waals surface area contributed by atoms with Gasteiger partial charge in [0.1, 0.15) is 0 Å². The van der Waals surface area contributed by atoms with Crippen LogP contribution in [0.3, 0.4) is 0 Å². The molecule has 1 aromatic rings. The van der Waals surface area contributed by atoms with Gasteiger partial charge in [0, 0.05) is 19.4 Å². The van der Waals surface area contributed by atoms with E-state index >= 15 is 0 Å². The Kier molecular flexibility index (Phi) is 3.63. The van der Waals surface area contributed by atoms with Gasteiger partial charge in [0.15, 0.2) is 5.69 Å². The Morgan fingerprint density at radius 1 is 1.65 bits per heavy atom. The lowest BCUT2D eigenvalue weighted by Gasteiger charge is -2.22. The van der Waals surface area contributed by atoms with Gasteiger partial charge in [-0.3, -0.25) is 4.68 Å². The molecule has 0 spiro atoms. The molecule has 0 atom stereocenters. The van der Waals surface area contributed by atoms with Crippen LogP contribution in [-0.4, -0.2) is 35.6 Å². The van der Waals surface area contributed by atoms with Crippen LogP contribution in [0.1, 0.15) is 36.3 Å². The molecule has 0 unspecified atom stereocenters. The zero-order chi connectivity index (χ0) is 12.3. The van der Waals surface area contributed by atoms with Crippen molar-refractivity contribution in [3.8, 4) is 0 Å².